The lowest BCUT2D eigenvalue weighted by molar-refractivity contribution is -0.366. The van der Waals surface area contributed by atoms with Gasteiger partial charge in [-0.1, -0.05) is 6.42 Å². The zero-order valence-electron chi connectivity index (χ0n) is 35.6. The van der Waals surface area contributed by atoms with E-state index in [-0.39, 0.29) is 45.6 Å². The van der Waals surface area contributed by atoms with Crippen LogP contribution in [0.25, 0.3) is 0 Å². The van der Waals surface area contributed by atoms with E-state index in [0.717, 1.165) is 0 Å². The van der Waals surface area contributed by atoms with Crippen molar-refractivity contribution >= 4 is 17.8 Å². The summed E-state index contributed by atoms with van der Waals surface area (Å²) in [5.41, 5.74) is 0. The normalized spacial score (nSPS) is 41.6. The van der Waals surface area contributed by atoms with E-state index < -0.39 is 160 Å². The second kappa shape index (κ2) is 24.8. The van der Waals surface area contributed by atoms with Crippen molar-refractivity contribution < 1.29 is 124 Å². The van der Waals surface area contributed by atoms with E-state index in [1.807, 2.05) is 4.90 Å². The Morgan fingerprint density at radius 3 is 1.63 bits per heavy atom. The number of hydrogen-bond acceptors (Lipinski definition) is 26. The summed E-state index contributed by atoms with van der Waals surface area (Å²) >= 11 is 0. The quantitative estimate of drug-likeness (QED) is 0.0354. The molecule has 65 heavy (non-hydrogen) atoms. The van der Waals surface area contributed by atoms with Gasteiger partial charge < -0.3 is 109 Å². The smallest absolute Gasteiger partial charge is 0.333 e. The predicted molar refractivity (Wildman–Crippen MR) is 205 cm³/mol. The van der Waals surface area contributed by atoms with Crippen molar-refractivity contribution in [3.8, 4) is 0 Å². The molecule has 27 heteroatoms. The van der Waals surface area contributed by atoms with Crippen LogP contribution in [0.15, 0.2) is 0 Å². The van der Waals surface area contributed by atoms with E-state index in [4.69, 9.17) is 42.7 Å². The largest absolute Gasteiger partial charge is 0.394 e. The fourth-order valence-corrected chi connectivity index (χ4v) is 7.74. The van der Waals surface area contributed by atoms with Gasteiger partial charge in [0.15, 0.2) is 25.2 Å². The van der Waals surface area contributed by atoms with Gasteiger partial charge in [-0.3, -0.25) is 14.5 Å². The number of imide groups is 1. The molecule has 5 fully saturated rings. The summed E-state index contributed by atoms with van der Waals surface area (Å²) in [5.74, 6) is -1.97. The summed E-state index contributed by atoms with van der Waals surface area (Å²) in [6.45, 7) is -0.513. The van der Waals surface area contributed by atoms with E-state index in [0.29, 0.717) is 30.9 Å². The highest BCUT2D eigenvalue weighted by Crippen LogP contribution is 2.31. The van der Waals surface area contributed by atoms with Gasteiger partial charge in [0.1, 0.15) is 91.6 Å². The van der Waals surface area contributed by atoms with Crippen molar-refractivity contribution in [1.29, 1.82) is 0 Å². The number of carbonyl (C=O) groups excluding carboxylic acids is 3. The third-order valence-corrected chi connectivity index (χ3v) is 11.8. The molecule has 27 nitrogen and oxygen atoms in total. The molecule has 2 amide bonds. The van der Waals surface area contributed by atoms with Crippen molar-refractivity contribution in [3.05, 3.63) is 0 Å². The highest BCUT2D eigenvalue weighted by molar-refractivity contribution is 6.01. The zero-order chi connectivity index (χ0) is 47.7. The third kappa shape index (κ3) is 13.5. The van der Waals surface area contributed by atoms with Crippen LogP contribution < -0.4 is 0 Å². The Kier molecular flexibility index (Phi) is 20.5. The van der Waals surface area contributed by atoms with E-state index in [1.54, 1.807) is 0 Å². The molecule has 5 heterocycles. The molecule has 0 bridgehead atoms. The van der Waals surface area contributed by atoms with Crippen LogP contribution in [0.2, 0.25) is 0 Å². The Morgan fingerprint density at radius 1 is 0.569 bits per heavy atom. The van der Waals surface area contributed by atoms with E-state index >= 15 is 0 Å². The molecule has 0 aromatic heterocycles. The number of hydrogen-bond donors (Lipinski definition) is 13. The minimum Gasteiger partial charge on any atom is -0.394 e. The number of ether oxygens (including phenoxy) is 8. The van der Waals surface area contributed by atoms with Gasteiger partial charge in [-0.15, -0.1) is 5.06 Å². The summed E-state index contributed by atoms with van der Waals surface area (Å²) in [5, 5.41) is 135. The van der Waals surface area contributed by atoms with Crippen LogP contribution in [-0.2, 0) is 57.1 Å². The average molecular weight is 949 g/mol. The molecule has 0 spiro atoms. The lowest BCUT2D eigenvalue weighted by Gasteiger charge is -2.46. The van der Waals surface area contributed by atoms with Gasteiger partial charge in [0.05, 0.1) is 39.1 Å². The van der Waals surface area contributed by atoms with Crippen molar-refractivity contribution in [2.75, 3.05) is 52.7 Å². The molecule has 0 unspecified atom stereocenters. The third-order valence-electron chi connectivity index (χ3n) is 11.8. The molecule has 0 aliphatic carbocycles. The van der Waals surface area contributed by atoms with Gasteiger partial charge in [0, 0.05) is 32.4 Å². The fourth-order valence-electron chi connectivity index (χ4n) is 7.74. The van der Waals surface area contributed by atoms with Gasteiger partial charge in [-0.25, -0.2) is 4.79 Å². The minimum absolute atomic E-state index is 0.0480. The summed E-state index contributed by atoms with van der Waals surface area (Å²) < 4.78 is 45.1. The molecule has 5 aliphatic rings. The summed E-state index contributed by atoms with van der Waals surface area (Å²) in [4.78, 5) is 42.6. The predicted octanol–water partition coefficient (Wildman–Crippen LogP) is -8.24. The van der Waals surface area contributed by atoms with E-state index in [9.17, 15) is 80.8 Å². The number of nitrogens with zero attached hydrogens (tertiary/aromatic N) is 2. The number of amides is 2. The fraction of sp³-hybridized carbons (Fsp3) is 0.921. The monoisotopic (exact) mass is 948 g/mol. The van der Waals surface area contributed by atoms with Crippen molar-refractivity contribution in [3.63, 3.8) is 0 Å². The molecule has 376 valence electrons. The molecule has 0 aromatic rings. The van der Waals surface area contributed by atoms with Crippen molar-refractivity contribution in [1.82, 2.24) is 9.96 Å². The standard InChI is InChI=1S/C38H64N2O25/c1-16-23(46)27(50)30(53)35(60-16)57-11-9-39(8-4-2-3-5-22(45)65-40-20(43)6-7-21(40)44)10-12-58-37-33(56)34(64-38-32(55)29(52)25(48)18(14-42)62-38)26(49)19(63-37)15-59-36-31(54)28(51)24(47)17(13-41)61-36/h16-19,23-38,41-42,46-56H,2-15H2,1H3/t16-,17+,18+,19+,23+,24+,25+,26+,27+,28-,29-,30-,31-,32-,33-,34-,35-,36-,37-,38+/m0/s1. The maximum atomic E-state index is 12.3. The molecular weight excluding hydrogens is 884 g/mol. The summed E-state index contributed by atoms with van der Waals surface area (Å²) in [7, 11) is 0. The topological polar surface area (TPSA) is 404 Å². The maximum Gasteiger partial charge on any atom is 0.333 e. The second-order valence-corrected chi connectivity index (χ2v) is 16.5. The molecular formula is C38H64N2O25. The number of aliphatic hydroxyl groups is 13. The van der Waals surface area contributed by atoms with Gasteiger partial charge in [0.2, 0.25) is 0 Å². The van der Waals surface area contributed by atoms with Crippen LogP contribution in [0.3, 0.4) is 0 Å². The maximum absolute atomic E-state index is 12.3. The highest BCUT2D eigenvalue weighted by Gasteiger charge is 2.52. The average Bonchev–Trinajstić information content (AvgIpc) is 3.60. The van der Waals surface area contributed by atoms with Crippen LogP contribution in [0.1, 0.15) is 45.4 Å². The van der Waals surface area contributed by atoms with Crippen LogP contribution >= 0.6 is 0 Å². The molecule has 5 saturated heterocycles. The lowest BCUT2D eigenvalue weighted by Crippen LogP contribution is -2.65. The Morgan fingerprint density at radius 2 is 1.06 bits per heavy atom. The van der Waals surface area contributed by atoms with Crippen molar-refractivity contribution in [2.45, 2.75) is 168 Å². The first-order valence-corrected chi connectivity index (χ1v) is 21.5. The number of rotatable bonds is 22. The van der Waals surface area contributed by atoms with Gasteiger partial charge in [0.25, 0.3) is 11.8 Å². The molecule has 0 aromatic carbocycles. The van der Waals surface area contributed by atoms with Crippen molar-refractivity contribution in [2.24, 2.45) is 0 Å². The number of carbonyl (C=O) groups is 3. The lowest BCUT2D eigenvalue weighted by atomic mass is 9.96. The molecule has 5 rings (SSSR count). The summed E-state index contributed by atoms with van der Waals surface area (Å²) in [6.07, 6.45) is -31.5. The van der Waals surface area contributed by atoms with Gasteiger partial charge >= 0.3 is 5.97 Å². The van der Waals surface area contributed by atoms with Crippen LogP contribution in [-0.4, -0.2) is 270 Å². The molecule has 20 atom stereocenters. The van der Waals surface area contributed by atoms with E-state index in [1.165, 1.54) is 6.92 Å². The molecule has 13 N–H and O–H groups in total. The van der Waals surface area contributed by atoms with Crippen LogP contribution in [0, 0.1) is 0 Å². The molecule has 5 aliphatic heterocycles. The highest BCUT2D eigenvalue weighted by atomic mass is 16.8. The Hall–Kier alpha value is -2.27. The summed E-state index contributed by atoms with van der Waals surface area (Å²) in [6, 6.07) is 0. The van der Waals surface area contributed by atoms with E-state index in [2.05, 4.69) is 0 Å². The number of unbranched alkanes of at least 4 members (excludes halogenated alkanes) is 2. The molecule has 0 saturated carbocycles. The van der Waals surface area contributed by atoms with Crippen LogP contribution in [0.5, 0.6) is 0 Å². The Bertz CT molecular complexity index is 1480. The first-order valence-electron chi connectivity index (χ1n) is 21.5. The van der Waals surface area contributed by atoms with Gasteiger partial charge in [-0.05, 0) is 26.3 Å². The zero-order valence-corrected chi connectivity index (χ0v) is 35.6. The number of hydroxylamine groups is 2. The Labute approximate surface area is 372 Å². The number of aliphatic hydroxyl groups excluding tert-OH is 13. The first-order chi connectivity index (χ1) is 30.9. The minimum atomic E-state index is -1.95. The first kappa shape index (κ1) is 53.7. The van der Waals surface area contributed by atoms with Crippen LogP contribution in [0.4, 0.5) is 0 Å². The second-order valence-electron chi connectivity index (χ2n) is 16.5. The van der Waals surface area contributed by atoms with Gasteiger partial charge in [-0.2, -0.15) is 0 Å². The SMILES string of the molecule is C[C@@H]1O[C@H](OCCN(CCCCCC(=O)ON2C(=O)CCC2=O)CCO[C@H]2O[C@H](CO[C@H]3O[C@H](CO)[C@@H](O)[C@H](O)[C@@H]3O)[C@@H](O)[C@H](O[C@H]3O[C@H](CO)[C@@H](O)[C@H](O)[C@@H]3O)[C@@H]2O)[C@@H](O)[C@H](O)[C@@H]1O. The molecule has 0 radical (unpaired) electrons. The Balaban J connectivity index is 1.23.